The first-order valence-electron chi connectivity index (χ1n) is 9.72. The number of ether oxygens (including phenoxy) is 2. The largest absolute Gasteiger partial charge is 0.493 e. The molecule has 3 aromatic rings. The number of methoxy groups -OCH3 is 1. The number of carboxylic acids is 1. The van der Waals surface area contributed by atoms with Crippen LogP contribution >= 0.6 is 22.6 Å². The zero-order valence-corrected chi connectivity index (χ0v) is 19.7. The molecule has 0 saturated carbocycles. The third-order valence-electron chi connectivity index (χ3n) is 4.53. The number of hydrogen-bond acceptors (Lipinski definition) is 5. The highest BCUT2D eigenvalue weighted by Crippen LogP contribution is 2.35. The van der Waals surface area contributed by atoms with E-state index in [0.717, 1.165) is 0 Å². The second kappa shape index (κ2) is 11.2. The Bertz CT molecular complexity index is 1230. The van der Waals surface area contributed by atoms with Crippen molar-refractivity contribution in [3.63, 3.8) is 0 Å². The van der Waals surface area contributed by atoms with Crippen LogP contribution in [0.1, 0.15) is 21.5 Å². The molecule has 3 rings (SSSR count). The summed E-state index contributed by atoms with van der Waals surface area (Å²) in [7, 11) is 1.49. The summed E-state index contributed by atoms with van der Waals surface area (Å²) < 4.78 is 11.9. The average molecular weight is 554 g/mol. The third-order valence-corrected chi connectivity index (χ3v) is 5.33. The van der Waals surface area contributed by atoms with Crippen LogP contribution < -0.4 is 14.8 Å². The second-order valence-corrected chi connectivity index (χ2v) is 7.95. The van der Waals surface area contributed by atoms with Gasteiger partial charge in [-0.15, -0.1) is 0 Å². The number of nitriles is 1. The molecule has 1 amide bonds. The van der Waals surface area contributed by atoms with Crippen molar-refractivity contribution >= 4 is 51.8 Å². The van der Waals surface area contributed by atoms with Crippen LogP contribution in [0.3, 0.4) is 0 Å². The van der Waals surface area contributed by atoms with Crippen LogP contribution in [0.15, 0.2) is 66.7 Å². The molecule has 0 spiro atoms. The van der Waals surface area contributed by atoms with E-state index in [4.69, 9.17) is 14.6 Å². The maximum absolute atomic E-state index is 12.2. The number of aromatic carboxylic acids is 1. The Hall–Kier alpha value is -3.84. The fraction of sp³-hybridized carbons (Fsp3) is 0.0800. The fourth-order valence-electron chi connectivity index (χ4n) is 2.96. The molecule has 0 radical (unpaired) electrons. The number of carbonyl (C=O) groups is 2. The fourth-order valence-corrected chi connectivity index (χ4v) is 3.74. The lowest BCUT2D eigenvalue weighted by molar-refractivity contribution is -0.118. The number of carboxylic acid groups (broad SMARTS) is 1. The number of nitrogens with one attached hydrogen (secondary N) is 1. The first-order valence-corrected chi connectivity index (χ1v) is 10.8. The van der Waals surface area contributed by atoms with E-state index in [0.29, 0.717) is 37.5 Å². The average Bonchev–Trinajstić information content (AvgIpc) is 2.82. The summed E-state index contributed by atoms with van der Waals surface area (Å²) in [5.41, 5.74) is 2.46. The molecule has 7 nitrogen and oxygen atoms in total. The number of allylic oxidation sites excluding steroid dienone is 1. The zero-order valence-electron chi connectivity index (χ0n) is 17.5. The van der Waals surface area contributed by atoms with Gasteiger partial charge in [0.25, 0.3) is 5.91 Å². The molecule has 2 N–H and O–H groups in total. The molecule has 0 aromatic heterocycles. The number of halogens is 1. The van der Waals surface area contributed by atoms with E-state index in [2.05, 4.69) is 34.0 Å². The van der Waals surface area contributed by atoms with Crippen molar-refractivity contribution in [3.8, 4) is 17.6 Å². The lowest BCUT2D eigenvalue weighted by Crippen LogP contribution is -2.20. The Morgan fingerprint density at radius 1 is 1.09 bits per heavy atom. The number of rotatable bonds is 8. The van der Waals surface area contributed by atoms with Gasteiger partial charge in [-0.1, -0.05) is 30.3 Å². The normalized spacial score (nSPS) is 10.8. The molecule has 3 aromatic carbocycles. The minimum Gasteiger partial charge on any atom is -0.493 e. The van der Waals surface area contributed by atoms with Gasteiger partial charge in [-0.25, -0.2) is 4.79 Å². The van der Waals surface area contributed by atoms with E-state index in [9.17, 15) is 14.9 Å². The van der Waals surface area contributed by atoms with Crippen LogP contribution in [0.4, 0.5) is 5.69 Å². The summed E-state index contributed by atoms with van der Waals surface area (Å²) >= 11 is 2.08. The summed E-state index contributed by atoms with van der Waals surface area (Å²) in [6, 6.07) is 20.8. The SMILES string of the molecule is COc1cc(/C=C(/C#N)c2ccc(C(=O)O)cc2)cc(I)c1OCC(=O)Nc1ccccc1. The Morgan fingerprint density at radius 2 is 1.76 bits per heavy atom. The van der Waals surface area contributed by atoms with Crippen LogP contribution in [0.5, 0.6) is 11.5 Å². The molecule has 8 heteroatoms. The van der Waals surface area contributed by atoms with E-state index in [1.54, 1.807) is 42.5 Å². The molecule has 0 heterocycles. The van der Waals surface area contributed by atoms with Crippen molar-refractivity contribution in [2.75, 3.05) is 19.0 Å². The molecule has 0 aliphatic heterocycles. The molecule has 0 saturated heterocycles. The van der Waals surface area contributed by atoms with Crippen molar-refractivity contribution < 1.29 is 24.2 Å². The van der Waals surface area contributed by atoms with Crippen LogP contribution in [-0.4, -0.2) is 30.7 Å². The summed E-state index contributed by atoms with van der Waals surface area (Å²) in [5, 5.41) is 21.4. The number of benzene rings is 3. The molecular weight excluding hydrogens is 535 g/mol. The monoisotopic (exact) mass is 554 g/mol. The van der Waals surface area contributed by atoms with E-state index in [1.165, 1.54) is 19.2 Å². The minimum absolute atomic E-state index is 0.144. The van der Waals surface area contributed by atoms with Gasteiger partial charge >= 0.3 is 5.97 Å². The lowest BCUT2D eigenvalue weighted by atomic mass is 10.0. The van der Waals surface area contributed by atoms with E-state index >= 15 is 0 Å². The summed E-state index contributed by atoms with van der Waals surface area (Å²) in [6.07, 6.45) is 1.67. The number of para-hydroxylation sites is 1. The molecule has 0 fully saturated rings. The highest BCUT2D eigenvalue weighted by Gasteiger charge is 2.14. The predicted molar refractivity (Wildman–Crippen MR) is 133 cm³/mol. The van der Waals surface area contributed by atoms with E-state index in [-0.39, 0.29) is 18.1 Å². The first kappa shape index (κ1) is 23.8. The van der Waals surface area contributed by atoms with Gasteiger partial charge in [-0.05, 0) is 76.2 Å². The lowest BCUT2D eigenvalue weighted by Gasteiger charge is -2.14. The van der Waals surface area contributed by atoms with Crippen LogP contribution in [-0.2, 0) is 4.79 Å². The molecule has 0 unspecified atom stereocenters. The highest BCUT2D eigenvalue weighted by molar-refractivity contribution is 14.1. The van der Waals surface area contributed by atoms with Crippen molar-refractivity contribution in [2.24, 2.45) is 0 Å². The summed E-state index contributed by atoms with van der Waals surface area (Å²) in [4.78, 5) is 23.2. The maximum atomic E-state index is 12.2. The second-order valence-electron chi connectivity index (χ2n) is 6.79. The van der Waals surface area contributed by atoms with Gasteiger partial charge < -0.3 is 19.9 Å². The van der Waals surface area contributed by atoms with Gasteiger partial charge in [0, 0.05) is 5.69 Å². The number of nitrogens with zero attached hydrogens (tertiary/aromatic N) is 1. The van der Waals surface area contributed by atoms with Gasteiger partial charge in [0.05, 0.1) is 27.9 Å². The Balaban J connectivity index is 1.79. The van der Waals surface area contributed by atoms with Crippen molar-refractivity contribution in [1.82, 2.24) is 0 Å². The third kappa shape index (κ3) is 6.33. The number of hydrogen-bond donors (Lipinski definition) is 2. The van der Waals surface area contributed by atoms with Crippen molar-refractivity contribution in [2.45, 2.75) is 0 Å². The van der Waals surface area contributed by atoms with E-state index in [1.807, 2.05) is 18.2 Å². The topological polar surface area (TPSA) is 109 Å². The molecule has 0 aliphatic rings. The van der Waals surface area contributed by atoms with Gasteiger partial charge in [0.15, 0.2) is 18.1 Å². The van der Waals surface area contributed by atoms with Crippen LogP contribution in [0, 0.1) is 14.9 Å². The van der Waals surface area contributed by atoms with Gasteiger partial charge in [-0.3, -0.25) is 4.79 Å². The van der Waals surface area contributed by atoms with Gasteiger partial charge in [0.2, 0.25) is 0 Å². The molecule has 33 heavy (non-hydrogen) atoms. The summed E-state index contributed by atoms with van der Waals surface area (Å²) in [6.45, 7) is -0.199. The number of amides is 1. The number of carbonyl (C=O) groups excluding carboxylic acids is 1. The highest BCUT2D eigenvalue weighted by atomic mass is 127. The summed E-state index contributed by atoms with van der Waals surface area (Å²) in [5.74, 6) is -0.502. The quantitative estimate of drug-likeness (QED) is 0.229. The first-order chi connectivity index (χ1) is 15.9. The van der Waals surface area contributed by atoms with Crippen LogP contribution in [0.2, 0.25) is 0 Å². The van der Waals surface area contributed by atoms with Gasteiger partial charge in [-0.2, -0.15) is 5.26 Å². The molecule has 0 atom stereocenters. The Kier molecular flexibility index (Phi) is 8.05. The Morgan fingerprint density at radius 3 is 2.36 bits per heavy atom. The zero-order chi connectivity index (χ0) is 23.8. The molecule has 166 valence electrons. The standard InChI is InChI=1S/C25H19IN2O5/c1-32-22-13-16(11-19(14-27)17-7-9-18(10-8-17)25(30)31)12-21(26)24(22)33-15-23(29)28-20-5-3-2-4-6-20/h2-13H,15H2,1H3,(H,28,29)(H,30,31)/b19-11-. The Labute approximate surface area is 204 Å². The van der Waals surface area contributed by atoms with Crippen molar-refractivity contribution in [3.05, 3.63) is 87.0 Å². The minimum atomic E-state index is -1.03. The number of anilines is 1. The van der Waals surface area contributed by atoms with E-state index < -0.39 is 5.97 Å². The maximum Gasteiger partial charge on any atom is 0.335 e. The van der Waals surface area contributed by atoms with Crippen LogP contribution in [0.25, 0.3) is 11.6 Å². The molecule has 0 aliphatic carbocycles. The smallest absolute Gasteiger partial charge is 0.335 e. The van der Waals surface area contributed by atoms with Gasteiger partial charge in [0.1, 0.15) is 0 Å². The molecule has 0 bridgehead atoms. The van der Waals surface area contributed by atoms with Crippen molar-refractivity contribution in [1.29, 1.82) is 5.26 Å². The predicted octanol–water partition coefficient (Wildman–Crippen LogP) is 5.08. The molecular formula is C25H19IN2O5.